The quantitative estimate of drug-likeness (QED) is 0.321. The minimum Gasteiger partial charge on any atom is -0.456 e. The number of benzene rings is 2. The van der Waals surface area contributed by atoms with Gasteiger partial charge in [0.05, 0.1) is 15.2 Å². The molecule has 3 rings (SSSR count). The third-order valence-corrected chi connectivity index (χ3v) is 5.40. The Balaban J connectivity index is 1.33. The van der Waals surface area contributed by atoms with Gasteiger partial charge >= 0.3 is 5.97 Å². The highest BCUT2D eigenvalue weighted by Gasteiger charge is 2.09. The number of unbranched alkanes of at least 4 members (excludes halogenated alkanes) is 1. The maximum Gasteiger partial charge on any atom is 0.306 e. The minimum atomic E-state index is -0.414. The number of rotatable bonds is 9. The number of hydrogen-bond acceptors (Lipinski definition) is 6. The Morgan fingerprint density at radius 3 is 2.52 bits per heavy atom. The molecule has 1 aromatic heterocycles. The van der Waals surface area contributed by atoms with Crippen LogP contribution in [0.4, 0.5) is 5.69 Å². The van der Waals surface area contributed by atoms with Crippen LogP contribution in [0, 0.1) is 0 Å². The number of aryl methyl sites for hydroxylation is 1. The molecule has 1 heterocycles. The third-order valence-electron chi connectivity index (χ3n) is 4.30. The lowest BCUT2D eigenvalue weighted by atomic mass is 10.1. The number of nitrogens with one attached hydrogen (secondary N) is 1. The fourth-order valence-electron chi connectivity index (χ4n) is 2.78. The molecule has 1 amide bonds. The van der Waals surface area contributed by atoms with Crippen molar-refractivity contribution in [3.8, 4) is 0 Å². The number of Topliss-reactive ketones (excluding diaryl/α,β-unsaturated/α-hetero) is 1. The molecule has 1 N–H and O–H groups in total. The molecular weight excluding hydrogens is 388 g/mol. The standard InChI is InChI=1S/C22H22N2O4S/c1-15(25)16-10-12-17(13-11-16)23-20(26)14-28-22(27)9-5-4-8-21-24-18-6-2-3-7-19(18)29-21/h2-3,6-7,10-13H,4-5,8-9,14H2,1H3,(H,23,26). The van der Waals surface area contributed by atoms with E-state index >= 15 is 0 Å². The number of nitrogens with zero attached hydrogens (tertiary/aromatic N) is 1. The minimum absolute atomic E-state index is 0.0417. The van der Waals surface area contributed by atoms with Crippen LogP contribution in [-0.4, -0.2) is 29.3 Å². The normalized spacial score (nSPS) is 10.7. The lowest BCUT2D eigenvalue weighted by Gasteiger charge is -2.07. The summed E-state index contributed by atoms with van der Waals surface area (Å²) >= 11 is 1.67. The fraction of sp³-hybridized carbons (Fsp3) is 0.273. The van der Waals surface area contributed by atoms with Gasteiger partial charge in [0, 0.05) is 17.7 Å². The zero-order chi connectivity index (χ0) is 20.6. The first-order valence-corrected chi connectivity index (χ1v) is 10.2. The van der Waals surface area contributed by atoms with Crippen molar-refractivity contribution in [1.29, 1.82) is 0 Å². The number of aromatic nitrogens is 1. The van der Waals surface area contributed by atoms with E-state index in [1.165, 1.54) is 11.6 Å². The second-order valence-electron chi connectivity index (χ2n) is 6.62. The third kappa shape index (κ3) is 6.22. The summed E-state index contributed by atoms with van der Waals surface area (Å²) in [7, 11) is 0. The second kappa shape index (κ2) is 9.93. The van der Waals surface area contributed by atoms with Crippen LogP contribution in [0.2, 0.25) is 0 Å². The average Bonchev–Trinajstić information content (AvgIpc) is 3.13. The average molecular weight is 410 g/mol. The van der Waals surface area contributed by atoms with Gasteiger partial charge in [-0.1, -0.05) is 12.1 Å². The predicted molar refractivity (Wildman–Crippen MR) is 113 cm³/mol. The monoisotopic (exact) mass is 410 g/mol. The van der Waals surface area contributed by atoms with Crippen LogP contribution in [0.3, 0.4) is 0 Å². The van der Waals surface area contributed by atoms with Crippen molar-refractivity contribution in [2.75, 3.05) is 11.9 Å². The molecule has 0 bridgehead atoms. The van der Waals surface area contributed by atoms with E-state index in [0.29, 0.717) is 17.7 Å². The van der Waals surface area contributed by atoms with Crippen molar-refractivity contribution < 1.29 is 19.1 Å². The van der Waals surface area contributed by atoms with Crippen LogP contribution in [0.25, 0.3) is 10.2 Å². The van der Waals surface area contributed by atoms with Crippen molar-refractivity contribution in [3.05, 3.63) is 59.1 Å². The van der Waals surface area contributed by atoms with Gasteiger partial charge in [0.2, 0.25) is 0 Å². The van der Waals surface area contributed by atoms with Crippen LogP contribution in [-0.2, 0) is 20.7 Å². The van der Waals surface area contributed by atoms with E-state index in [0.717, 1.165) is 23.4 Å². The van der Waals surface area contributed by atoms with Crippen molar-refractivity contribution in [1.82, 2.24) is 4.98 Å². The second-order valence-corrected chi connectivity index (χ2v) is 7.74. The Labute approximate surface area is 172 Å². The molecule has 2 aromatic carbocycles. The van der Waals surface area contributed by atoms with Gasteiger partial charge < -0.3 is 10.1 Å². The molecule has 0 aliphatic carbocycles. The summed E-state index contributed by atoms with van der Waals surface area (Å²) in [6.45, 7) is 1.15. The van der Waals surface area contributed by atoms with Crippen molar-refractivity contribution >= 4 is 44.9 Å². The largest absolute Gasteiger partial charge is 0.456 e. The number of carbonyl (C=O) groups is 3. The Morgan fingerprint density at radius 2 is 1.79 bits per heavy atom. The zero-order valence-corrected chi connectivity index (χ0v) is 17.0. The molecule has 7 heteroatoms. The number of fused-ring (bicyclic) bond motifs is 1. The molecular formula is C22H22N2O4S. The molecule has 0 unspecified atom stereocenters. The number of esters is 1. The van der Waals surface area contributed by atoms with E-state index in [9.17, 15) is 14.4 Å². The van der Waals surface area contributed by atoms with Crippen LogP contribution in [0.1, 0.15) is 41.6 Å². The number of amides is 1. The summed E-state index contributed by atoms with van der Waals surface area (Å²) in [6.07, 6.45) is 2.61. The highest BCUT2D eigenvalue weighted by molar-refractivity contribution is 7.18. The van der Waals surface area contributed by atoms with E-state index in [1.807, 2.05) is 18.2 Å². The molecule has 0 saturated heterocycles. The number of hydrogen-bond donors (Lipinski definition) is 1. The number of ketones is 1. The van der Waals surface area contributed by atoms with Gasteiger partial charge in [-0.05, 0) is 62.6 Å². The maximum absolute atomic E-state index is 11.9. The van der Waals surface area contributed by atoms with Crippen LogP contribution >= 0.6 is 11.3 Å². The van der Waals surface area contributed by atoms with Crippen LogP contribution in [0.5, 0.6) is 0 Å². The topological polar surface area (TPSA) is 85.4 Å². The molecule has 0 spiro atoms. The summed E-state index contributed by atoms with van der Waals surface area (Å²) in [5.41, 5.74) is 2.13. The number of para-hydroxylation sites is 1. The van der Waals surface area contributed by atoms with Gasteiger partial charge in [-0.2, -0.15) is 0 Å². The molecule has 0 atom stereocenters. The lowest BCUT2D eigenvalue weighted by molar-refractivity contribution is -0.147. The predicted octanol–water partition coefficient (Wildman–Crippen LogP) is 4.39. The first kappa shape index (κ1) is 20.7. The first-order valence-electron chi connectivity index (χ1n) is 9.42. The van der Waals surface area contributed by atoms with Gasteiger partial charge in [-0.3, -0.25) is 14.4 Å². The Bertz CT molecular complexity index is 978. The molecule has 0 fully saturated rings. The summed E-state index contributed by atoms with van der Waals surface area (Å²) < 4.78 is 6.19. The summed E-state index contributed by atoms with van der Waals surface area (Å²) in [5.74, 6) is -0.847. The molecule has 0 aliphatic rings. The van der Waals surface area contributed by atoms with Gasteiger partial charge in [0.15, 0.2) is 12.4 Å². The maximum atomic E-state index is 11.9. The molecule has 29 heavy (non-hydrogen) atoms. The number of ether oxygens (including phenoxy) is 1. The molecule has 3 aromatic rings. The van der Waals surface area contributed by atoms with Crippen molar-refractivity contribution in [2.24, 2.45) is 0 Å². The molecule has 6 nitrogen and oxygen atoms in total. The molecule has 0 saturated carbocycles. The number of thiazole rings is 1. The Hall–Kier alpha value is -3.06. The Kier molecular flexibility index (Phi) is 7.08. The highest BCUT2D eigenvalue weighted by atomic mass is 32.1. The summed E-state index contributed by atoms with van der Waals surface area (Å²) in [5, 5.41) is 3.70. The number of anilines is 1. The van der Waals surface area contributed by atoms with Crippen LogP contribution < -0.4 is 5.32 Å². The van der Waals surface area contributed by atoms with Gasteiger partial charge in [0.1, 0.15) is 0 Å². The van der Waals surface area contributed by atoms with E-state index < -0.39 is 11.9 Å². The highest BCUT2D eigenvalue weighted by Crippen LogP contribution is 2.22. The van der Waals surface area contributed by atoms with Gasteiger partial charge in [0.25, 0.3) is 5.91 Å². The van der Waals surface area contributed by atoms with Gasteiger partial charge in [-0.25, -0.2) is 4.98 Å². The first-order chi connectivity index (χ1) is 14.0. The SMILES string of the molecule is CC(=O)c1ccc(NC(=O)COC(=O)CCCCc2nc3ccccc3s2)cc1. The summed E-state index contributed by atoms with van der Waals surface area (Å²) in [4.78, 5) is 39.5. The lowest BCUT2D eigenvalue weighted by Crippen LogP contribution is -2.20. The van der Waals surface area contributed by atoms with Crippen molar-refractivity contribution in [3.63, 3.8) is 0 Å². The van der Waals surface area contributed by atoms with Crippen molar-refractivity contribution in [2.45, 2.75) is 32.6 Å². The fourth-order valence-corrected chi connectivity index (χ4v) is 3.79. The van der Waals surface area contributed by atoms with E-state index in [-0.39, 0.29) is 18.8 Å². The van der Waals surface area contributed by atoms with E-state index in [1.54, 1.807) is 35.6 Å². The van der Waals surface area contributed by atoms with E-state index in [4.69, 9.17) is 4.74 Å². The molecule has 0 radical (unpaired) electrons. The molecule has 0 aliphatic heterocycles. The van der Waals surface area contributed by atoms with Gasteiger partial charge in [-0.15, -0.1) is 11.3 Å². The van der Waals surface area contributed by atoms with E-state index in [2.05, 4.69) is 16.4 Å². The smallest absolute Gasteiger partial charge is 0.306 e. The summed E-state index contributed by atoms with van der Waals surface area (Å²) in [6, 6.07) is 14.6. The van der Waals surface area contributed by atoms with Crippen LogP contribution in [0.15, 0.2) is 48.5 Å². The molecule has 150 valence electrons. The zero-order valence-electron chi connectivity index (χ0n) is 16.1. The number of carbonyl (C=O) groups excluding carboxylic acids is 3. The Morgan fingerprint density at radius 1 is 1.03 bits per heavy atom.